The topological polar surface area (TPSA) is 121 Å². The number of hydrogen-bond acceptors (Lipinski definition) is 8. The third-order valence-corrected chi connectivity index (χ3v) is 10.0. The van der Waals surface area contributed by atoms with Crippen LogP contribution in [0.25, 0.3) is 39.2 Å². The zero-order chi connectivity index (χ0) is 34.1. The van der Waals surface area contributed by atoms with E-state index < -0.39 is 0 Å². The summed E-state index contributed by atoms with van der Waals surface area (Å²) < 4.78 is 7.18. The summed E-state index contributed by atoms with van der Waals surface area (Å²) in [6, 6.07) is 19.3. The Morgan fingerprint density at radius 2 is 1.73 bits per heavy atom. The molecule has 2 aliphatic heterocycles. The Hall–Kier alpha value is -4.32. The highest BCUT2D eigenvalue weighted by molar-refractivity contribution is 6.39. The second-order valence-corrected chi connectivity index (χ2v) is 13.3. The molecule has 252 valence electrons. The maximum Gasteiger partial charge on any atom is 0.262 e. The largest absolute Gasteiger partial charge is 0.481 e. The number of nitrogens with one attached hydrogen (secondary N) is 2. The standard InChI is InChI=1S/C37H36Cl2N6O4/c1-49-36-23(17-40-19-25-9-11-33(47)42-25)8-10-31(43-36)30-7-3-6-29(35(30)39)28-5-2-4-27(34(28)38)22-12-15-45-32(16-22)41-18-24(37(45)48)20-44-14-13-26(46)21-44/h2-8,10,12,15-16,18,25-26,40,46H,9,11,13-14,17,19-21H2,1H3,(H,42,47). The van der Waals surface area contributed by atoms with E-state index in [9.17, 15) is 14.7 Å². The summed E-state index contributed by atoms with van der Waals surface area (Å²) in [4.78, 5) is 36.2. The van der Waals surface area contributed by atoms with Crippen LogP contribution < -0.4 is 20.9 Å². The number of likely N-dealkylation sites (tertiary alicyclic amines) is 1. The number of ether oxygens (including phenoxy) is 1. The number of benzene rings is 2. The van der Waals surface area contributed by atoms with E-state index in [2.05, 4.69) is 20.5 Å². The molecule has 12 heteroatoms. The van der Waals surface area contributed by atoms with Crippen molar-refractivity contribution in [2.75, 3.05) is 26.7 Å². The monoisotopic (exact) mass is 698 g/mol. The van der Waals surface area contributed by atoms with Crippen molar-refractivity contribution in [1.82, 2.24) is 29.9 Å². The van der Waals surface area contributed by atoms with E-state index in [0.717, 1.165) is 46.3 Å². The van der Waals surface area contributed by atoms with Crippen LogP contribution in [0.15, 0.2) is 77.9 Å². The summed E-state index contributed by atoms with van der Waals surface area (Å²) in [7, 11) is 1.59. The molecule has 2 aromatic carbocycles. The van der Waals surface area contributed by atoms with Crippen molar-refractivity contribution < 1.29 is 14.6 Å². The number of pyridine rings is 2. The van der Waals surface area contributed by atoms with Gasteiger partial charge < -0.3 is 20.5 Å². The lowest BCUT2D eigenvalue weighted by Crippen LogP contribution is -2.35. The Balaban J connectivity index is 1.14. The lowest BCUT2D eigenvalue weighted by Gasteiger charge is -2.16. The van der Waals surface area contributed by atoms with Gasteiger partial charge in [0.2, 0.25) is 11.8 Å². The van der Waals surface area contributed by atoms with Gasteiger partial charge in [0.15, 0.2) is 0 Å². The minimum absolute atomic E-state index is 0.0944. The first-order chi connectivity index (χ1) is 23.8. The van der Waals surface area contributed by atoms with Crippen LogP contribution in [0.3, 0.4) is 0 Å². The number of halogens is 2. The fourth-order valence-corrected chi connectivity index (χ4v) is 7.29. The number of aromatic nitrogens is 3. The van der Waals surface area contributed by atoms with Crippen molar-refractivity contribution in [2.24, 2.45) is 0 Å². The second kappa shape index (κ2) is 14.3. The summed E-state index contributed by atoms with van der Waals surface area (Å²) >= 11 is 14.2. The maximum atomic E-state index is 13.3. The lowest BCUT2D eigenvalue weighted by atomic mass is 9.97. The predicted octanol–water partition coefficient (Wildman–Crippen LogP) is 5.34. The number of rotatable bonds is 10. The van der Waals surface area contributed by atoms with Crippen LogP contribution >= 0.6 is 23.2 Å². The molecule has 2 fully saturated rings. The minimum atomic E-state index is -0.351. The second-order valence-electron chi connectivity index (χ2n) is 12.5. The molecule has 0 saturated carbocycles. The fraction of sp³-hybridized carbons (Fsp3) is 0.297. The normalized spacial score (nSPS) is 17.9. The molecule has 2 aliphatic rings. The number of β-amino-alcohol motifs (C(OH)–C–C–N with tert-alkyl or cyclic N) is 1. The van der Waals surface area contributed by atoms with Gasteiger partial charge in [-0.3, -0.25) is 18.9 Å². The van der Waals surface area contributed by atoms with Crippen LogP contribution in [0.4, 0.5) is 0 Å². The number of amides is 1. The number of fused-ring (bicyclic) bond motifs is 1. The number of methoxy groups -OCH3 is 1. The number of carbonyl (C=O) groups is 1. The summed E-state index contributed by atoms with van der Waals surface area (Å²) in [5, 5.41) is 17.2. The van der Waals surface area contributed by atoms with E-state index in [-0.39, 0.29) is 23.6 Å². The molecule has 1 amide bonds. The summed E-state index contributed by atoms with van der Waals surface area (Å²) in [5.74, 6) is 0.588. The fourth-order valence-electron chi connectivity index (χ4n) is 6.63. The van der Waals surface area contributed by atoms with Gasteiger partial charge in [0.1, 0.15) is 5.65 Å². The number of nitrogens with zero attached hydrogens (tertiary/aromatic N) is 4. The zero-order valence-corrected chi connectivity index (χ0v) is 28.5. The van der Waals surface area contributed by atoms with Gasteiger partial charge in [-0.1, -0.05) is 65.7 Å². The first kappa shape index (κ1) is 33.2. The molecule has 0 aliphatic carbocycles. The lowest BCUT2D eigenvalue weighted by molar-refractivity contribution is -0.119. The molecule has 2 unspecified atom stereocenters. The molecule has 7 rings (SSSR count). The van der Waals surface area contributed by atoms with Crippen LogP contribution in [0, 0.1) is 0 Å². The van der Waals surface area contributed by atoms with E-state index in [1.807, 2.05) is 60.7 Å². The van der Waals surface area contributed by atoms with Gasteiger partial charge in [-0.2, -0.15) is 0 Å². The van der Waals surface area contributed by atoms with Gasteiger partial charge in [-0.15, -0.1) is 0 Å². The van der Waals surface area contributed by atoms with Crippen molar-refractivity contribution >= 4 is 34.8 Å². The van der Waals surface area contributed by atoms with E-state index >= 15 is 0 Å². The highest BCUT2D eigenvalue weighted by atomic mass is 35.5. The molecule has 0 radical (unpaired) electrons. The molecular formula is C37H36Cl2N6O4. The van der Waals surface area contributed by atoms with E-state index in [4.69, 9.17) is 32.9 Å². The SMILES string of the molecule is COc1nc(-c2cccc(-c3cccc(-c4ccn5c(=O)c(CN6CCC(O)C6)cnc5c4)c3Cl)c2Cl)ccc1CNCC1CCC(=O)N1. The average Bonchev–Trinajstić information content (AvgIpc) is 3.73. The average molecular weight is 700 g/mol. The Labute approximate surface area is 293 Å². The molecule has 2 atom stereocenters. The first-order valence-electron chi connectivity index (χ1n) is 16.3. The van der Waals surface area contributed by atoms with Crippen LogP contribution in [0.1, 0.15) is 30.4 Å². The van der Waals surface area contributed by atoms with Crippen LogP contribution in [-0.4, -0.2) is 69.2 Å². The van der Waals surface area contributed by atoms with E-state index in [1.54, 1.807) is 23.9 Å². The van der Waals surface area contributed by atoms with E-state index in [0.29, 0.717) is 71.9 Å². The van der Waals surface area contributed by atoms with Gasteiger partial charge in [-0.25, -0.2) is 9.97 Å². The molecule has 2 saturated heterocycles. The summed E-state index contributed by atoms with van der Waals surface area (Å²) in [6.45, 7) is 2.98. The molecule has 3 aromatic heterocycles. The van der Waals surface area contributed by atoms with Gasteiger partial charge in [0, 0.05) is 85.4 Å². The first-order valence-corrected chi connectivity index (χ1v) is 17.1. The Bertz CT molecular complexity index is 2100. The minimum Gasteiger partial charge on any atom is -0.481 e. The third kappa shape index (κ3) is 6.92. The van der Waals surface area contributed by atoms with Gasteiger partial charge in [0.05, 0.1) is 34.5 Å². The molecule has 5 aromatic rings. The van der Waals surface area contributed by atoms with E-state index in [1.165, 1.54) is 0 Å². The zero-order valence-electron chi connectivity index (χ0n) is 27.0. The number of hydrogen-bond donors (Lipinski definition) is 3. The van der Waals surface area contributed by atoms with Crippen LogP contribution in [0.5, 0.6) is 5.88 Å². The predicted molar refractivity (Wildman–Crippen MR) is 191 cm³/mol. The van der Waals surface area contributed by atoms with Gasteiger partial charge >= 0.3 is 0 Å². The van der Waals surface area contributed by atoms with Crippen molar-refractivity contribution in [2.45, 2.75) is 44.5 Å². The van der Waals surface area contributed by atoms with Gasteiger partial charge in [0.25, 0.3) is 5.56 Å². The molecule has 0 spiro atoms. The Kier molecular flexibility index (Phi) is 9.66. The maximum absolute atomic E-state index is 13.3. The van der Waals surface area contributed by atoms with Crippen molar-refractivity contribution in [1.29, 1.82) is 0 Å². The molecule has 49 heavy (non-hydrogen) atoms. The smallest absolute Gasteiger partial charge is 0.262 e. The summed E-state index contributed by atoms with van der Waals surface area (Å²) in [5.41, 5.74) is 6.36. The van der Waals surface area contributed by atoms with Crippen molar-refractivity contribution in [3.8, 4) is 39.4 Å². The molecule has 5 heterocycles. The Morgan fingerprint density at radius 3 is 2.45 bits per heavy atom. The summed E-state index contributed by atoms with van der Waals surface area (Å²) in [6.07, 6.45) is 5.11. The van der Waals surface area contributed by atoms with Crippen LogP contribution in [0.2, 0.25) is 10.0 Å². The highest BCUT2D eigenvalue weighted by Gasteiger charge is 2.23. The van der Waals surface area contributed by atoms with Crippen LogP contribution in [-0.2, 0) is 17.9 Å². The van der Waals surface area contributed by atoms with Crippen molar-refractivity contribution in [3.05, 3.63) is 105 Å². The van der Waals surface area contributed by atoms with Gasteiger partial charge in [-0.05, 0) is 36.6 Å². The third-order valence-electron chi connectivity index (χ3n) is 9.22. The number of carbonyl (C=O) groups excluding carboxylic acids is 1. The molecule has 0 bridgehead atoms. The quantitative estimate of drug-likeness (QED) is 0.179. The highest BCUT2D eigenvalue weighted by Crippen LogP contribution is 2.42. The molecule has 3 N–H and O–H groups in total. The number of aliphatic hydroxyl groups is 1. The number of aliphatic hydroxyl groups excluding tert-OH is 1. The van der Waals surface area contributed by atoms with Crippen molar-refractivity contribution in [3.63, 3.8) is 0 Å². The molecule has 10 nitrogen and oxygen atoms in total. The molecular weight excluding hydrogens is 663 g/mol. The Morgan fingerprint density at radius 1 is 0.980 bits per heavy atom.